The molecule has 5 heteroatoms. The monoisotopic (exact) mass is 380 g/mol. The summed E-state index contributed by atoms with van der Waals surface area (Å²) < 4.78 is 11.8. The number of carbonyl (C=O) groups excluding carboxylic acids is 1. The van der Waals surface area contributed by atoms with Gasteiger partial charge >= 0.3 is 5.63 Å². The van der Waals surface area contributed by atoms with Crippen molar-refractivity contribution in [2.45, 2.75) is 31.3 Å². The van der Waals surface area contributed by atoms with E-state index in [0.717, 1.165) is 23.8 Å². The van der Waals surface area contributed by atoms with E-state index in [1.54, 1.807) is 12.1 Å². The van der Waals surface area contributed by atoms with Gasteiger partial charge in [-0.3, -0.25) is 4.79 Å². The molecule has 2 aliphatic rings. The zero-order valence-electron chi connectivity index (χ0n) is 14.5. The molecule has 3 atom stereocenters. The van der Waals surface area contributed by atoms with Gasteiger partial charge in [0.25, 0.3) is 0 Å². The van der Waals surface area contributed by atoms with Gasteiger partial charge in [-0.05, 0) is 42.7 Å². The molecule has 0 spiro atoms. The van der Waals surface area contributed by atoms with Crippen molar-refractivity contribution in [2.24, 2.45) is 5.92 Å². The van der Waals surface area contributed by atoms with Crippen LogP contribution in [0.4, 0.5) is 0 Å². The number of halogens is 1. The highest BCUT2D eigenvalue weighted by Crippen LogP contribution is 2.48. The molecule has 2 heterocycles. The Hall–Kier alpha value is -2.59. The van der Waals surface area contributed by atoms with Gasteiger partial charge in [0.15, 0.2) is 0 Å². The standard InChI is InChI=1S/C22H17ClO4/c23-13-6-3-5-12(11-13)18-19-15(24)8-4-10-17(19)26-21-14-7-1-2-9-16(14)27-22(25)20(18)21/h1-3,5-7,9,11,17-19H,4,8,10H2/t17-,18-,19+/m1/s1. The molecule has 5 rings (SSSR count). The zero-order valence-corrected chi connectivity index (χ0v) is 15.2. The van der Waals surface area contributed by atoms with Gasteiger partial charge < -0.3 is 9.15 Å². The molecule has 0 saturated heterocycles. The lowest BCUT2D eigenvalue weighted by molar-refractivity contribution is -0.130. The van der Waals surface area contributed by atoms with E-state index < -0.39 is 17.5 Å². The summed E-state index contributed by atoms with van der Waals surface area (Å²) in [7, 11) is 0. The van der Waals surface area contributed by atoms with E-state index in [1.165, 1.54) is 0 Å². The van der Waals surface area contributed by atoms with Gasteiger partial charge in [-0.15, -0.1) is 0 Å². The number of carbonyl (C=O) groups is 1. The summed E-state index contributed by atoms with van der Waals surface area (Å²) in [5, 5.41) is 1.33. The molecule has 0 unspecified atom stereocenters. The molecule has 0 radical (unpaired) electrons. The van der Waals surface area contributed by atoms with Crippen LogP contribution in [0.2, 0.25) is 5.02 Å². The normalized spacial score (nSPS) is 24.2. The molecule has 0 N–H and O–H groups in total. The lowest BCUT2D eigenvalue weighted by atomic mass is 9.69. The summed E-state index contributed by atoms with van der Waals surface area (Å²) in [6, 6.07) is 14.7. The van der Waals surface area contributed by atoms with Crippen LogP contribution in [0.5, 0.6) is 5.75 Å². The number of hydrogen-bond acceptors (Lipinski definition) is 4. The number of Topliss-reactive ketones (excluding diaryl/α,β-unsaturated/α-hetero) is 1. The molecule has 2 aromatic carbocycles. The second kappa shape index (κ2) is 6.24. The topological polar surface area (TPSA) is 56.5 Å². The minimum Gasteiger partial charge on any atom is -0.488 e. The Balaban J connectivity index is 1.83. The van der Waals surface area contributed by atoms with Crippen molar-refractivity contribution in [1.82, 2.24) is 0 Å². The van der Waals surface area contributed by atoms with Gasteiger partial charge in [-0.2, -0.15) is 0 Å². The van der Waals surface area contributed by atoms with E-state index in [0.29, 0.717) is 28.3 Å². The molecule has 1 aliphatic carbocycles. The van der Waals surface area contributed by atoms with Gasteiger partial charge in [0.05, 0.1) is 16.9 Å². The molecule has 1 aromatic heterocycles. The third kappa shape index (κ3) is 2.59. The Morgan fingerprint density at radius 2 is 1.89 bits per heavy atom. The largest absolute Gasteiger partial charge is 0.488 e. The van der Waals surface area contributed by atoms with Crippen molar-refractivity contribution in [2.75, 3.05) is 0 Å². The molecule has 3 aromatic rings. The van der Waals surface area contributed by atoms with Crippen LogP contribution in [-0.4, -0.2) is 11.9 Å². The van der Waals surface area contributed by atoms with Gasteiger partial charge in [0.2, 0.25) is 0 Å². The number of ketones is 1. The van der Waals surface area contributed by atoms with Crippen molar-refractivity contribution < 1.29 is 13.9 Å². The van der Waals surface area contributed by atoms with Crippen LogP contribution in [0.3, 0.4) is 0 Å². The SMILES string of the molecule is O=C1CCC[C@H]2Oc3c(c(=O)oc4ccccc34)[C@H](c3cccc(Cl)c3)[C@@H]12. The van der Waals surface area contributed by atoms with E-state index in [1.807, 2.05) is 36.4 Å². The van der Waals surface area contributed by atoms with Crippen LogP contribution < -0.4 is 10.4 Å². The number of rotatable bonds is 1. The predicted molar refractivity (Wildman–Crippen MR) is 103 cm³/mol. The van der Waals surface area contributed by atoms with Gasteiger partial charge in [0, 0.05) is 17.4 Å². The first kappa shape index (κ1) is 16.6. The quantitative estimate of drug-likeness (QED) is 0.574. The smallest absolute Gasteiger partial charge is 0.343 e. The molecule has 4 nitrogen and oxygen atoms in total. The van der Waals surface area contributed by atoms with Crippen LogP contribution >= 0.6 is 11.6 Å². The van der Waals surface area contributed by atoms with Crippen LogP contribution in [-0.2, 0) is 4.79 Å². The summed E-state index contributed by atoms with van der Waals surface area (Å²) in [6.07, 6.45) is 1.86. The second-order valence-corrected chi connectivity index (χ2v) is 7.64. The van der Waals surface area contributed by atoms with Crippen molar-refractivity contribution >= 4 is 28.4 Å². The van der Waals surface area contributed by atoms with Crippen LogP contribution in [0.1, 0.15) is 36.3 Å². The van der Waals surface area contributed by atoms with Gasteiger partial charge in [-0.1, -0.05) is 35.9 Å². The van der Waals surface area contributed by atoms with Crippen molar-refractivity contribution in [1.29, 1.82) is 0 Å². The summed E-state index contributed by atoms with van der Waals surface area (Å²) >= 11 is 6.22. The predicted octanol–water partition coefficient (Wildman–Crippen LogP) is 4.71. The Bertz CT molecular complexity index is 1120. The highest BCUT2D eigenvalue weighted by molar-refractivity contribution is 6.30. The number of hydrogen-bond donors (Lipinski definition) is 0. The Morgan fingerprint density at radius 1 is 1.04 bits per heavy atom. The van der Waals surface area contributed by atoms with Crippen LogP contribution in [0.25, 0.3) is 11.0 Å². The molecule has 136 valence electrons. The molecular formula is C22H17ClO4. The summed E-state index contributed by atoms with van der Waals surface area (Å²) in [5.74, 6) is -0.128. The summed E-state index contributed by atoms with van der Waals surface area (Å²) in [6.45, 7) is 0. The fourth-order valence-corrected chi connectivity index (χ4v) is 4.70. The summed E-state index contributed by atoms with van der Waals surface area (Å²) in [5.41, 5.74) is 1.31. The molecule has 1 fully saturated rings. The number of benzene rings is 2. The minimum atomic E-state index is -0.453. The number of ether oxygens (including phenoxy) is 1. The molecule has 1 aliphatic heterocycles. The maximum absolute atomic E-state index is 12.9. The Kier molecular flexibility index (Phi) is 3.83. The van der Waals surface area contributed by atoms with E-state index >= 15 is 0 Å². The Morgan fingerprint density at radius 3 is 2.74 bits per heavy atom. The van der Waals surface area contributed by atoms with Crippen molar-refractivity contribution in [3.63, 3.8) is 0 Å². The van der Waals surface area contributed by atoms with Crippen LogP contribution in [0, 0.1) is 5.92 Å². The molecular weight excluding hydrogens is 364 g/mol. The van der Waals surface area contributed by atoms with Gasteiger partial charge in [-0.25, -0.2) is 4.79 Å². The Labute approximate surface area is 160 Å². The van der Waals surface area contributed by atoms with Gasteiger partial charge in [0.1, 0.15) is 23.2 Å². The molecule has 0 bridgehead atoms. The first-order valence-electron chi connectivity index (χ1n) is 9.14. The molecule has 27 heavy (non-hydrogen) atoms. The highest BCUT2D eigenvalue weighted by Gasteiger charge is 2.47. The fraction of sp³-hybridized carbons (Fsp3) is 0.273. The average Bonchev–Trinajstić information content (AvgIpc) is 2.67. The highest BCUT2D eigenvalue weighted by atomic mass is 35.5. The van der Waals surface area contributed by atoms with E-state index in [2.05, 4.69) is 0 Å². The van der Waals surface area contributed by atoms with E-state index in [9.17, 15) is 9.59 Å². The first-order valence-corrected chi connectivity index (χ1v) is 9.52. The first-order chi connectivity index (χ1) is 13.1. The fourth-order valence-electron chi connectivity index (χ4n) is 4.50. The average molecular weight is 381 g/mol. The maximum Gasteiger partial charge on any atom is 0.343 e. The third-order valence-electron chi connectivity index (χ3n) is 5.63. The lowest BCUT2D eigenvalue weighted by Crippen LogP contribution is -2.45. The maximum atomic E-state index is 12.9. The van der Waals surface area contributed by atoms with E-state index in [4.69, 9.17) is 20.8 Å². The zero-order chi connectivity index (χ0) is 18.5. The molecule has 1 saturated carbocycles. The number of para-hydroxylation sites is 1. The van der Waals surface area contributed by atoms with Crippen molar-refractivity contribution in [3.05, 3.63) is 75.1 Å². The number of fused-ring (bicyclic) bond motifs is 4. The second-order valence-electron chi connectivity index (χ2n) is 7.20. The minimum absolute atomic E-state index is 0.134. The van der Waals surface area contributed by atoms with Crippen molar-refractivity contribution in [3.8, 4) is 5.75 Å². The molecule has 0 amide bonds. The van der Waals surface area contributed by atoms with E-state index in [-0.39, 0.29) is 11.9 Å². The van der Waals surface area contributed by atoms with Crippen LogP contribution in [0.15, 0.2) is 57.7 Å². The lowest BCUT2D eigenvalue weighted by Gasteiger charge is -2.41. The third-order valence-corrected chi connectivity index (χ3v) is 5.87. The summed E-state index contributed by atoms with van der Waals surface area (Å²) in [4.78, 5) is 25.8.